The summed E-state index contributed by atoms with van der Waals surface area (Å²) >= 11 is 0. The van der Waals surface area contributed by atoms with Gasteiger partial charge in [0.05, 0.1) is 19.1 Å². The van der Waals surface area contributed by atoms with E-state index in [2.05, 4.69) is 16.0 Å². The fraction of sp³-hybridized carbons (Fsp3) is 0.471. The van der Waals surface area contributed by atoms with Crippen molar-refractivity contribution in [2.75, 3.05) is 25.9 Å². The van der Waals surface area contributed by atoms with E-state index in [-0.39, 0.29) is 17.9 Å². The van der Waals surface area contributed by atoms with Crippen molar-refractivity contribution in [3.05, 3.63) is 29.5 Å². The number of rotatable bonds is 1. The minimum Gasteiger partial charge on any atom is -0.469 e. The summed E-state index contributed by atoms with van der Waals surface area (Å²) in [5.41, 5.74) is 10.3. The molecule has 1 aromatic heterocycles. The second-order valence-electron chi connectivity index (χ2n) is 6.32. The van der Waals surface area contributed by atoms with Crippen LogP contribution in [0.2, 0.25) is 0 Å². The van der Waals surface area contributed by atoms with Crippen LogP contribution >= 0.6 is 0 Å². The van der Waals surface area contributed by atoms with Crippen LogP contribution in [0.1, 0.15) is 30.1 Å². The molecule has 2 atom stereocenters. The van der Waals surface area contributed by atoms with E-state index in [9.17, 15) is 4.79 Å². The number of nitrogens with zero attached hydrogens (tertiary/aromatic N) is 1. The summed E-state index contributed by atoms with van der Waals surface area (Å²) in [5.74, 6) is -0.177. The number of ether oxygens (including phenoxy) is 1. The number of aromatic amines is 1. The molecule has 3 N–H and O–H groups in total. The van der Waals surface area contributed by atoms with Crippen LogP contribution in [0, 0.1) is 5.92 Å². The number of carbonyl (C=O) groups is 1. The molecule has 1 fully saturated rings. The van der Waals surface area contributed by atoms with Crippen molar-refractivity contribution < 1.29 is 9.53 Å². The van der Waals surface area contributed by atoms with Gasteiger partial charge in [-0.3, -0.25) is 9.69 Å². The van der Waals surface area contributed by atoms with E-state index in [1.807, 2.05) is 12.1 Å². The number of nitrogens with one attached hydrogen (secondary N) is 1. The number of piperidine rings is 1. The average Bonchev–Trinajstić information content (AvgIpc) is 2.91. The third kappa shape index (κ3) is 1.92. The Bertz CT molecular complexity index is 737. The largest absolute Gasteiger partial charge is 0.469 e. The first-order valence-electron chi connectivity index (χ1n) is 7.91. The quantitative estimate of drug-likeness (QED) is 0.626. The standard InChI is InChI=1S/C17H21N3O2/c1-22-17(21)13-3-2-7-20-8-6-12-11-5-4-10(18)9-14(11)19-15(12)16(13)20/h4-5,9,13,16,19H,2-3,6-8,18H2,1H3/t13-,16-/m0/s1. The maximum Gasteiger partial charge on any atom is 0.310 e. The molecule has 2 aromatic rings. The summed E-state index contributed by atoms with van der Waals surface area (Å²) < 4.78 is 5.05. The number of benzene rings is 1. The molecule has 116 valence electrons. The molecule has 0 amide bonds. The molecule has 0 saturated carbocycles. The number of carbonyl (C=O) groups excluding carboxylic acids is 1. The second-order valence-corrected chi connectivity index (χ2v) is 6.32. The zero-order valence-electron chi connectivity index (χ0n) is 12.8. The van der Waals surface area contributed by atoms with E-state index < -0.39 is 0 Å². The van der Waals surface area contributed by atoms with Gasteiger partial charge in [-0.05, 0) is 43.5 Å². The van der Waals surface area contributed by atoms with Crippen LogP contribution in [0.25, 0.3) is 10.9 Å². The van der Waals surface area contributed by atoms with Crippen LogP contribution in [0.5, 0.6) is 0 Å². The van der Waals surface area contributed by atoms with E-state index in [1.54, 1.807) is 0 Å². The van der Waals surface area contributed by atoms with Gasteiger partial charge >= 0.3 is 5.97 Å². The molecule has 2 aliphatic heterocycles. The zero-order chi connectivity index (χ0) is 15.3. The van der Waals surface area contributed by atoms with Crippen LogP contribution in [0.4, 0.5) is 5.69 Å². The Morgan fingerprint density at radius 2 is 2.27 bits per heavy atom. The first-order valence-corrected chi connectivity index (χ1v) is 7.91. The highest BCUT2D eigenvalue weighted by Gasteiger charge is 2.42. The van der Waals surface area contributed by atoms with Crippen LogP contribution < -0.4 is 5.73 Å². The van der Waals surface area contributed by atoms with Crippen molar-refractivity contribution in [3.8, 4) is 0 Å². The smallest absolute Gasteiger partial charge is 0.310 e. The minimum atomic E-state index is -0.0966. The first kappa shape index (κ1) is 13.6. The lowest BCUT2D eigenvalue weighted by atomic mass is 9.82. The molecular weight excluding hydrogens is 278 g/mol. The fourth-order valence-corrected chi connectivity index (χ4v) is 4.17. The van der Waals surface area contributed by atoms with Crippen molar-refractivity contribution in [2.45, 2.75) is 25.3 Å². The molecular formula is C17H21N3O2. The Morgan fingerprint density at radius 3 is 3.09 bits per heavy atom. The van der Waals surface area contributed by atoms with Gasteiger partial charge in [0.2, 0.25) is 0 Å². The Balaban J connectivity index is 1.85. The molecule has 22 heavy (non-hydrogen) atoms. The Kier molecular flexibility index (Phi) is 3.11. The molecule has 0 radical (unpaired) electrons. The second kappa shape index (κ2) is 5.02. The number of nitrogens with two attached hydrogens (primary N) is 1. The lowest BCUT2D eigenvalue weighted by Crippen LogP contribution is -2.45. The third-order valence-electron chi connectivity index (χ3n) is 5.15. The van der Waals surface area contributed by atoms with E-state index >= 15 is 0 Å². The first-order chi connectivity index (χ1) is 10.7. The summed E-state index contributed by atoms with van der Waals surface area (Å²) in [6.45, 7) is 2.05. The van der Waals surface area contributed by atoms with E-state index in [0.717, 1.165) is 43.6 Å². The number of nitrogen functional groups attached to an aromatic ring is 1. The molecule has 1 aromatic carbocycles. The molecule has 5 heteroatoms. The molecule has 4 rings (SSSR count). The molecule has 0 unspecified atom stereocenters. The number of esters is 1. The molecule has 0 bridgehead atoms. The number of anilines is 1. The van der Waals surface area contributed by atoms with Crippen LogP contribution in [0.3, 0.4) is 0 Å². The summed E-state index contributed by atoms with van der Waals surface area (Å²) in [6.07, 6.45) is 2.97. The molecule has 5 nitrogen and oxygen atoms in total. The lowest BCUT2D eigenvalue weighted by molar-refractivity contribution is -0.150. The highest BCUT2D eigenvalue weighted by atomic mass is 16.5. The average molecular weight is 299 g/mol. The third-order valence-corrected chi connectivity index (χ3v) is 5.15. The topological polar surface area (TPSA) is 71.3 Å². The number of aromatic nitrogens is 1. The van der Waals surface area contributed by atoms with Crippen LogP contribution in [0.15, 0.2) is 18.2 Å². The number of hydrogen-bond acceptors (Lipinski definition) is 4. The molecule has 0 aliphatic carbocycles. The van der Waals surface area contributed by atoms with Gasteiger partial charge in [0.1, 0.15) is 0 Å². The Morgan fingerprint density at radius 1 is 1.41 bits per heavy atom. The molecule has 0 spiro atoms. The van der Waals surface area contributed by atoms with Gasteiger partial charge in [-0.25, -0.2) is 0 Å². The summed E-state index contributed by atoms with van der Waals surface area (Å²) in [4.78, 5) is 18.2. The maximum absolute atomic E-state index is 12.2. The van der Waals surface area contributed by atoms with E-state index in [4.69, 9.17) is 10.5 Å². The van der Waals surface area contributed by atoms with Crippen molar-refractivity contribution in [1.82, 2.24) is 9.88 Å². The summed E-state index contributed by atoms with van der Waals surface area (Å²) in [6, 6.07) is 6.12. The Labute approximate surface area is 129 Å². The molecule has 3 heterocycles. The van der Waals surface area contributed by atoms with Gasteiger partial charge in [0.15, 0.2) is 0 Å². The maximum atomic E-state index is 12.2. The normalized spacial score (nSPS) is 24.8. The van der Waals surface area contributed by atoms with Crippen LogP contribution in [-0.2, 0) is 16.0 Å². The van der Waals surface area contributed by atoms with Gasteiger partial charge < -0.3 is 15.5 Å². The van der Waals surface area contributed by atoms with Crippen molar-refractivity contribution in [2.24, 2.45) is 5.92 Å². The minimum absolute atomic E-state index is 0.0804. The highest BCUT2D eigenvalue weighted by Crippen LogP contribution is 2.43. The van der Waals surface area contributed by atoms with Crippen LogP contribution in [-0.4, -0.2) is 36.1 Å². The summed E-state index contributed by atoms with van der Waals surface area (Å²) in [5, 5.41) is 1.23. The number of hydrogen-bond donors (Lipinski definition) is 2. The fourth-order valence-electron chi connectivity index (χ4n) is 4.17. The number of H-pyrrole nitrogens is 1. The predicted octanol–water partition coefficient (Wildman–Crippen LogP) is 2.23. The molecule has 2 aliphatic rings. The SMILES string of the molecule is COC(=O)[C@H]1CCCN2CCc3c([nH]c4cc(N)ccc34)[C@H]12. The number of methoxy groups -OCH3 is 1. The van der Waals surface area contributed by atoms with E-state index in [1.165, 1.54) is 23.8 Å². The highest BCUT2D eigenvalue weighted by molar-refractivity contribution is 5.88. The van der Waals surface area contributed by atoms with Gasteiger partial charge in [-0.15, -0.1) is 0 Å². The lowest BCUT2D eigenvalue weighted by Gasteiger charge is -2.42. The van der Waals surface area contributed by atoms with Crippen molar-refractivity contribution >= 4 is 22.6 Å². The predicted molar refractivity (Wildman–Crippen MR) is 85.5 cm³/mol. The van der Waals surface area contributed by atoms with Gasteiger partial charge in [0.25, 0.3) is 0 Å². The number of fused-ring (bicyclic) bond motifs is 5. The molecule has 1 saturated heterocycles. The van der Waals surface area contributed by atoms with Crippen molar-refractivity contribution in [1.29, 1.82) is 0 Å². The van der Waals surface area contributed by atoms with Gasteiger partial charge in [0, 0.05) is 28.8 Å². The zero-order valence-corrected chi connectivity index (χ0v) is 12.8. The van der Waals surface area contributed by atoms with Crippen molar-refractivity contribution in [3.63, 3.8) is 0 Å². The van der Waals surface area contributed by atoms with Gasteiger partial charge in [-0.2, -0.15) is 0 Å². The monoisotopic (exact) mass is 299 g/mol. The summed E-state index contributed by atoms with van der Waals surface area (Å²) in [7, 11) is 1.48. The van der Waals surface area contributed by atoms with Gasteiger partial charge in [-0.1, -0.05) is 6.07 Å². The van der Waals surface area contributed by atoms with E-state index in [0.29, 0.717) is 0 Å². The Hall–Kier alpha value is -2.01.